The molecule has 0 bridgehead atoms. The van der Waals surface area contributed by atoms with Gasteiger partial charge in [0.05, 0.1) is 10.7 Å². The Morgan fingerprint density at radius 3 is 2.56 bits per heavy atom. The molecule has 0 radical (unpaired) electrons. The van der Waals surface area contributed by atoms with Gasteiger partial charge in [0.25, 0.3) is 0 Å². The number of aryl methyl sites for hydroxylation is 2. The SMILES string of the molecule is Cc1nc(C)c(C(C)NCC(C)CCN)s1. The molecule has 1 aromatic heterocycles. The van der Waals surface area contributed by atoms with Gasteiger partial charge in [-0.1, -0.05) is 6.92 Å². The van der Waals surface area contributed by atoms with Gasteiger partial charge in [-0.25, -0.2) is 4.98 Å². The van der Waals surface area contributed by atoms with Crippen molar-refractivity contribution in [2.45, 2.75) is 40.2 Å². The quantitative estimate of drug-likeness (QED) is 0.804. The molecule has 3 N–H and O–H groups in total. The maximum atomic E-state index is 5.54. The molecule has 1 aromatic rings. The molecule has 0 aliphatic carbocycles. The van der Waals surface area contributed by atoms with E-state index in [0.717, 1.165) is 30.2 Å². The van der Waals surface area contributed by atoms with Gasteiger partial charge in [-0.2, -0.15) is 0 Å². The van der Waals surface area contributed by atoms with Crippen molar-refractivity contribution >= 4 is 11.3 Å². The first kappa shape index (κ1) is 13.6. The first-order valence-corrected chi connectivity index (χ1v) is 6.73. The lowest BCUT2D eigenvalue weighted by Gasteiger charge is -2.16. The molecule has 0 saturated heterocycles. The third-order valence-electron chi connectivity index (χ3n) is 2.76. The fourth-order valence-corrected chi connectivity index (χ4v) is 2.76. The van der Waals surface area contributed by atoms with Crippen LogP contribution in [0.4, 0.5) is 0 Å². The van der Waals surface area contributed by atoms with E-state index in [1.807, 2.05) is 0 Å². The number of hydrogen-bond donors (Lipinski definition) is 2. The van der Waals surface area contributed by atoms with E-state index in [1.54, 1.807) is 11.3 Å². The van der Waals surface area contributed by atoms with Gasteiger partial charge >= 0.3 is 0 Å². The fourth-order valence-electron chi connectivity index (χ4n) is 1.81. The minimum atomic E-state index is 0.395. The third kappa shape index (κ3) is 3.85. The average molecular weight is 241 g/mol. The molecule has 2 atom stereocenters. The van der Waals surface area contributed by atoms with Crippen molar-refractivity contribution in [1.82, 2.24) is 10.3 Å². The van der Waals surface area contributed by atoms with Crippen molar-refractivity contribution < 1.29 is 0 Å². The van der Waals surface area contributed by atoms with E-state index in [2.05, 4.69) is 38.0 Å². The number of nitrogens with one attached hydrogen (secondary N) is 1. The molecule has 4 heteroatoms. The highest BCUT2D eigenvalue weighted by Gasteiger charge is 2.13. The number of thiazole rings is 1. The van der Waals surface area contributed by atoms with Gasteiger partial charge in [0.1, 0.15) is 0 Å². The lowest BCUT2D eigenvalue weighted by Crippen LogP contribution is -2.25. The average Bonchev–Trinajstić information content (AvgIpc) is 2.55. The predicted octanol–water partition coefficient (Wildman–Crippen LogP) is 2.40. The number of rotatable bonds is 6. The van der Waals surface area contributed by atoms with Gasteiger partial charge in [0, 0.05) is 10.9 Å². The smallest absolute Gasteiger partial charge is 0.0900 e. The van der Waals surface area contributed by atoms with Crippen LogP contribution in [0.3, 0.4) is 0 Å². The number of hydrogen-bond acceptors (Lipinski definition) is 4. The van der Waals surface area contributed by atoms with Crippen LogP contribution < -0.4 is 11.1 Å². The van der Waals surface area contributed by atoms with E-state index in [1.165, 1.54) is 4.88 Å². The van der Waals surface area contributed by atoms with Crippen molar-refractivity contribution in [3.63, 3.8) is 0 Å². The Morgan fingerprint density at radius 1 is 1.38 bits per heavy atom. The highest BCUT2D eigenvalue weighted by Crippen LogP contribution is 2.24. The van der Waals surface area contributed by atoms with E-state index in [4.69, 9.17) is 5.73 Å². The summed E-state index contributed by atoms with van der Waals surface area (Å²) in [6.45, 7) is 10.4. The molecule has 0 saturated carbocycles. The summed E-state index contributed by atoms with van der Waals surface area (Å²) in [5.74, 6) is 0.641. The van der Waals surface area contributed by atoms with Crippen LogP contribution in [-0.2, 0) is 0 Å². The van der Waals surface area contributed by atoms with Gasteiger partial charge in [0.15, 0.2) is 0 Å². The zero-order chi connectivity index (χ0) is 12.1. The summed E-state index contributed by atoms with van der Waals surface area (Å²) >= 11 is 1.79. The highest BCUT2D eigenvalue weighted by molar-refractivity contribution is 7.11. The lowest BCUT2D eigenvalue weighted by atomic mass is 10.1. The number of aromatic nitrogens is 1. The minimum absolute atomic E-state index is 0.395. The van der Waals surface area contributed by atoms with E-state index in [0.29, 0.717) is 12.0 Å². The summed E-state index contributed by atoms with van der Waals surface area (Å²) in [5.41, 5.74) is 6.70. The number of nitrogens with zero attached hydrogens (tertiary/aromatic N) is 1. The Hall–Kier alpha value is -0.450. The lowest BCUT2D eigenvalue weighted by molar-refractivity contribution is 0.453. The Kier molecular flexibility index (Phi) is 5.38. The van der Waals surface area contributed by atoms with Crippen LogP contribution in [-0.4, -0.2) is 18.1 Å². The summed E-state index contributed by atoms with van der Waals surface area (Å²) in [6, 6.07) is 0.395. The van der Waals surface area contributed by atoms with E-state index < -0.39 is 0 Å². The standard InChI is InChI=1S/C12H23N3S/c1-8(5-6-13)7-14-9(2)12-10(3)15-11(4)16-12/h8-9,14H,5-7,13H2,1-4H3. The summed E-state index contributed by atoms with van der Waals surface area (Å²) in [5, 5.41) is 4.70. The maximum absolute atomic E-state index is 5.54. The summed E-state index contributed by atoms with van der Waals surface area (Å²) in [4.78, 5) is 5.81. The summed E-state index contributed by atoms with van der Waals surface area (Å²) in [6.07, 6.45) is 1.08. The van der Waals surface area contributed by atoms with Crippen LogP contribution in [0.15, 0.2) is 0 Å². The Bertz CT molecular complexity index is 322. The monoisotopic (exact) mass is 241 g/mol. The van der Waals surface area contributed by atoms with Crippen molar-refractivity contribution in [3.05, 3.63) is 15.6 Å². The molecule has 0 aliphatic heterocycles. The molecule has 2 unspecified atom stereocenters. The summed E-state index contributed by atoms with van der Waals surface area (Å²) in [7, 11) is 0. The van der Waals surface area contributed by atoms with Crippen LogP contribution in [0.25, 0.3) is 0 Å². The van der Waals surface area contributed by atoms with Crippen LogP contribution >= 0.6 is 11.3 Å². The molecule has 16 heavy (non-hydrogen) atoms. The molecule has 1 rings (SSSR count). The van der Waals surface area contributed by atoms with Crippen molar-refractivity contribution in [2.75, 3.05) is 13.1 Å². The number of nitrogens with two attached hydrogens (primary N) is 1. The second kappa shape index (κ2) is 6.33. The van der Waals surface area contributed by atoms with E-state index in [9.17, 15) is 0 Å². The zero-order valence-corrected chi connectivity index (χ0v) is 11.5. The molecular weight excluding hydrogens is 218 g/mol. The van der Waals surface area contributed by atoms with Gasteiger partial charge in [-0.3, -0.25) is 0 Å². The Labute approximate surface area is 102 Å². The fraction of sp³-hybridized carbons (Fsp3) is 0.750. The second-order valence-corrected chi connectivity index (χ2v) is 5.73. The first-order valence-electron chi connectivity index (χ1n) is 5.92. The van der Waals surface area contributed by atoms with Crippen molar-refractivity contribution in [2.24, 2.45) is 11.7 Å². The van der Waals surface area contributed by atoms with E-state index in [-0.39, 0.29) is 0 Å². The molecule has 3 nitrogen and oxygen atoms in total. The molecule has 0 aromatic carbocycles. The van der Waals surface area contributed by atoms with Crippen LogP contribution in [0, 0.1) is 19.8 Å². The zero-order valence-electron chi connectivity index (χ0n) is 10.7. The van der Waals surface area contributed by atoms with Crippen LogP contribution in [0.1, 0.15) is 41.9 Å². The highest BCUT2D eigenvalue weighted by atomic mass is 32.1. The maximum Gasteiger partial charge on any atom is 0.0900 e. The topological polar surface area (TPSA) is 50.9 Å². The molecule has 0 spiro atoms. The van der Waals surface area contributed by atoms with Gasteiger partial charge in [-0.05, 0) is 46.2 Å². The second-order valence-electron chi connectivity index (χ2n) is 4.50. The van der Waals surface area contributed by atoms with Crippen molar-refractivity contribution in [1.29, 1.82) is 0 Å². The molecule has 92 valence electrons. The molecular formula is C12H23N3S. The predicted molar refractivity (Wildman–Crippen MR) is 70.8 cm³/mol. The molecule has 0 aliphatic rings. The molecule has 0 amide bonds. The molecule has 1 heterocycles. The van der Waals surface area contributed by atoms with Gasteiger partial charge in [0.2, 0.25) is 0 Å². The normalized spacial score (nSPS) is 15.1. The third-order valence-corrected chi connectivity index (χ3v) is 4.02. The summed E-state index contributed by atoms with van der Waals surface area (Å²) < 4.78 is 0. The van der Waals surface area contributed by atoms with Gasteiger partial charge < -0.3 is 11.1 Å². The minimum Gasteiger partial charge on any atom is -0.330 e. The first-order chi connectivity index (χ1) is 7.54. The van der Waals surface area contributed by atoms with Gasteiger partial charge in [-0.15, -0.1) is 11.3 Å². The van der Waals surface area contributed by atoms with Crippen LogP contribution in [0.5, 0.6) is 0 Å². The molecule has 0 fully saturated rings. The van der Waals surface area contributed by atoms with Crippen LogP contribution in [0.2, 0.25) is 0 Å². The Balaban J connectivity index is 2.46. The largest absolute Gasteiger partial charge is 0.330 e. The van der Waals surface area contributed by atoms with Crippen molar-refractivity contribution in [3.8, 4) is 0 Å². The van der Waals surface area contributed by atoms with E-state index >= 15 is 0 Å². The Morgan fingerprint density at radius 2 is 2.06 bits per heavy atom.